The van der Waals surface area contributed by atoms with E-state index in [-0.39, 0.29) is 17.9 Å². The molecule has 3 rings (SSSR count). The average molecular weight is 426 g/mol. The molecule has 3 aromatic carbocycles. The SMILES string of the molecule is CC(CCC(=O)NS(=O)Oc1ccccc1)(c1ccc(O)cc1)c1ccc(O)cc1. The van der Waals surface area contributed by atoms with Crippen molar-refractivity contribution in [2.45, 2.75) is 25.2 Å². The predicted molar refractivity (Wildman–Crippen MR) is 115 cm³/mol. The molecule has 0 aliphatic rings. The zero-order valence-corrected chi connectivity index (χ0v) is 17.3. The van der Waals surface area contributed by atoms with E-state index < -0.39 is 22.6 Å². The standard InChI is InChI=1S/C23H23NO5S/c1-23(17-7-11-19(25)12-8-17,18-9-13-20(26)14-10-18)16-15-22(27)24-30(28)29-21-5-3-2-4-6-21/h2-14,25-26H,15-16H2,1H3,(H,24,27). The van der Waals surface area contributed by atoms with Crippen molar-refractivity contribution in [1.29, 1.82) is 0 Å². The first-order valence-electron chi connectivity index (χ1n) is 9.40. The van der Waals surface area contributed by atoms with Crippen LogP contribution in [0.3, 0.4) is 0 Å². The molecule has 0 bridgehead atoms. The highest BCUT2D eigenvalue weighted by molar-refractivity contribution is 7.79. The monoisotopic (exact) mass is 425 g/mol. The first-order chi connectivity index (χ1) is 14.4. The average Bonchev–Trinajstić information content (AvgIpc) is 2.73. The lowest BCUT2D eigenvalue weighted by Gasteiger charge is -2.31. The maximum Gasteiger partial charge on any atom is 0.318 e. The third-order valence-electron chi connectivity index (χ3n) is 4.97. The van der Waals surface area contributed by atoms with Gasteiger partial charge in [-0.15, -0.1) is 0 Å². The van der Waals surface area contributed by atoms with Gasteiger partial charge < -0.3 is 14.4 Å². The largest absolute Gasteiger partial charge is 0.508 e. The van der Waals surface area contributed by atoms with E-state index in [4.69, 9.17) is 4.18 Å². The molecule has 0 spiro atoms. The summed E-state index contributed by atoms with van der Waals surface area (Å²) in [5, 5.41) is 19.2. The van der Waals surface area contributed by atoms with Gasteiger partial charge in [0.2, 0.25) is 5.91 Å². The van der Waals surface area contributed by atoms with Crippen molar-refractivity contribution in [3.8, 4) is 17.2 Å². The molecule has 6 nitrogen and oxygen atoms in total. The Morgan fingerprint density at radius 3 is 1.90 bits per heavy atom. The Bertz CT molecular complexity index is 959. The summed E-state index contributed by atoms with van der Waals surface area (Å²) < 4.78 is 19.6. The van der Waals surface area contributed by atoms with Crippen LogP contribution in [0.25, 0.3) is 0 Å². The molecule has 0 saturated carbocycles. The Labute approximate surface area is 178 Å². The van der Waals surface area contributed by atoms with E-state index in [0.717, 1.165) is 11.1 Å². The normalized spacial score (nSPS) is 12.2. The first kappa shape index (κ1) is 21.4. The number of carbonyl (C=O) groups excluding carboxylic acids is 1. The molecule has 0 heterocycles. The van der Waals surface area contributed by atoms with Crippen LogP contribution in [0.5, 0.6) is 17.2 Å². The lowest BCUT2D eigenvalue weighted by Crippen LogP contribution is -2.31. The number of phenolic OH excluding ortho intramolecular Hbond substituents is 2. The fraction of sp³-hybridized carbons (Fsp3) is 0.174. The van der Waals surface area contributed by atoms with E-state index in [1.54, 1.807) is 72.8 Å². The third kappa shape index (κ3) is 5.39. The Balaban J connectivity index is 1.71. The number of amides is 1. The third-order valence-corrected chi connectivity index (χ3v) is 5.71. The van der Waals surface area contributed by atoms with Crippen molar-refractivity contribution >= 4 is 17.2 Å². The van der Waals surface area contributed by atoms with Crippen LogP contribution in [0.1, 0.15) is 30.9 Å². The smallest absolute Gasteiger partial charge is 0.318 e. The molecular formula is C23H23NO5S. The van der Waals surface area contributed by atoms with Gasteiger partial charge in [0.25, 0.3) is 0 Å². The van der Waals surface area contributed by atoms with E-state index in [0.29, 0.717) is 12.2 Å². The number of nitrogens with one attached hydrogen (secondary N) is 1. The fourth-order valence-electron chi connectivity index (χ4n) is 3.21. The summed E-state index contributed by atoms with van der Waals surface area (Å²) in [6.45, 7) is 1.98. The molecule has 1 atom stereocenters. The molecule has 1 amide bonds. The van der Waals surface area contributed by atoms with Gasteiger partial charge in [-0.25, -0.2) is 4.72 Å². The number of hydrogen-bond acceptors (Lipinski definition) is 5. The topological polar surface area (TPSA) is 95.9 Å². The molecular weight excluding hydrogens is 402 g/mol. The van der Waals surface area contributed by atoms with Crippen LogP contribution in [0.15, 0.2) is 78.9 Å². The number of phenols is 2. The van der Waals surface area contributed by atoms with E-state index >= 15 is 0 Å². The number of para-hydroxylation sites is 1. The van der Waals surface area contributed by atoms with Crippen LogP contribution in [0.4, 0.5) is 0 Å². The molecule has 0 fully saturated rings. The summed E-state index contributed by atoms with van der Waals surface area (Å²) >= 11 is -1.99. The quantitative estimate of drug-likeness (QED) is 0.508. The second kappa shape index (κ2) is 9.45. The van der Waals surface area contributed by atoms with Gasteiger partial charge in [-0.1, -0.05) is 49.4 Å². The Morgan fingerprint density at radius 2 is 1.40 bits per heavy atom. The molecule has 0 aliphatic carbocycles. The maximum atomic E-state index is 12.4. The van der Waals surface area contributed by atoms with Crippen molar-refractivity contribution in [3.63, 3.8) is 0 Å². The summed E-state index contributed by atoms with van der Waals surface area (Å²) in [4.78, 5) is 12.4. The summed E-state index contributed by atoms with van der Waals surface area (Å²) in [7, 11) is 0. The molecule has 30 heavy (non-hydrogen) atoms. The molecule has 0 radical (unpaired) electrons. The number of benzene rings is 3. The van der Waals surface area contributed by atoms with Crippen molar-refractivity contribution in [2.24, 2.45) is 0 Å². The van der Waals surface area contributed by atoms with Crippen molar-refractivity contribution in [2.75, 3.05) is 0 Å². The minimum absolute atomic E-state index is 0.0993. The molecule has 156 valence electrons. The molecule has 7 heteroatoms. The first-order valence-corrected chi connectivity index (χ1v) is 10.5. The molecule has 1 unspecified atom stereocenters. The van der Waals surface area contributed by atoms with E-state index in [9.17, 15) is 19.2 Å². The number of carbonyl (C=O) groups is 1. The van der Waals surface area contributed by atoms with Gasteiger partial charge in [0.1, 0.15) is 17.2 Å². The lowest BCUT2D eigenvalue weighted by molar-refractivity contribution is -0.119. The van der Waals surface area contributed by atoms with Gasteiger partial charge in [-0.05, 0) is 53.9 Å². The predicted octanol–water partition coefficient (Wildman–Crippen LogP) is 3.96. The second-order valence-corrected chi connectivity index (χ2v) is 7.92. The fourth-order valence-corrected chi connectivity index (χ4v) is 3.82. The van der Waals surface area contributed by atoms with Gasteiger partial charge in [-0.3, -0.25) is 4.79 Å². The number of hydrogen-bond donors (Lipinski definition) is 3. The van der Waals surface area contributed by atoms with Crippen molar-refractivity contribution in [1.82, 2.24) is 4.72 Å². The summed E-state index contributed by atoms with van der Waals surface area (Å²) in [6.07, 6.45) is 0.513. The van der Waals surface area contributed by atoms with Crippen LogP contribution in [0, 0.1) is 0 Å². The summed E-state index contributed by atoms with van der Waals surface area (Å²) in [6, 6.07) is 22.2. The lowest BCUT2D eigenvalue weighted by atomic mass is 9.73. The van der Waals surface area contributed by atoms with Crippen LogP contribution in [0.2, 0.25) is 0 Å². The molecule has 0 aromatic heterocycles. The minimum Gasteiger partial charge on any atom is -0.508 e. The van der Waals surface area contributed by atoms with Gasteiger partial charge in [0, 0.05) is 11.8 Å². The highest BCUT2D eigenvalue weighted by atomic mass is 32.2. The van der Waals surface area contributed by atoms with E-state index in [2.05, 4.69) is 4.72 Å². The van der Waals surface area contributed by atoms with E-state index in [1.165, 1.54) is 0 Å². The zero-order valence-electron chi connectivity index (χ0n) is 16.4. The van der Waals surface area contributed by atoms with Gasteiger partial charge in [0.05, 0.1) is 0 Å². The van der Waals surface area contributed by atoms with Crippen molar-refractivity contribution in [3.05, 3.63) is 90.0 Å². The summed E-state index contributed by atoms with van der Waals surface area (Å²) in [5.74, 6) is 0.290. The van der Waals surface area contributed by atoms with Crippen LogP contribution in [-0.4, -0.2) is 20.3 Å². The molecule has 3 aromatic rings. The Kier molecular flexibility index (Phi) is 6.74. The minimum atomic E-state index is -1.99. The maximum absolute atomic E-state index is 12.4. The molecule has 0 aliphatic heterocycles. The molecule has 3 N–H and O–H groups in total. The number of rotatable bonds is 8. The van der Waals surface area contributed by atoms with Crippen LogP contribution >= 0.6 is 0 Å². The van der Waals surface area contributed by atoms with Gasteiger partial charge in [0.15, 0.2) is 0 Å². The van der Waals surface area contributed by atoms with Crippen LogP contribution < -0.4 is 8.91 Å². The number of aromatic hydroxyl groups is 2. The molecule has 0 saturated heterocycles. The van der Waals surface area contributed by atoms with Gasteiger partial charge in [-0.2, -0.15) is 4.21 Å². The Hall–Kier alpha value is -3.32. The second-order valence-electron chi connectivity index (χ2n) is 7.08. The zero-order chi connectivity index (χ0) is 21.6. The summed E-state index contributed by atoms with van der Waals surface area (Å²) in [5.41, 5.74) is 1.24. The highest BCUT2D eigenvalue weighted by Crippen LogP contribution is 2.37. The van der Waals surface area contributed by atoms with Crippen molar-refractivity contribution < 1.29 is 23.4 Å². The highest BCUT2D eigenvalue weighted by Gasteiger charge is 2.30. The van der Waals surface area contributed by atoms with Crippen LogP contribution in [-0.2, 0) is 21.5 Å². The van der Waals surface area contributed by atoms with Gasteiger partial charge >= 0.3 is 11.3 Å². The Morgan fingerprint density at radius 1 is 0.900 bits per heavy atom. The van der Waals surface area contributed by atoms with E-state index in [1.807, 2.05) is 13.0 Å².